The number of hydrogen-bond acceptors (Lipinski definition) is 4. The monoisotopic (exact) mass is 197 g/mol. The fraction of sp³-hybridized carbons (Fsp3) is 0.667. The first-order valence-corrected chi connectivity index (χ1v) is 5.64. The minimum atomic E-state index is 0.368. The van der Waals surface area contributed by atoms with Gasteiger partial charge < -0.3 is 5.73 Å². The van der Waals surface area contributed by atoms with Gasteiger partial charge in [0.15, 0.2) is 0 Å². The molecule has 1 saturated heterocycles. The molecule has 72 valence electrons. The van der Waals surface area contributed by atoms with E-state index in [9.17, 15) is 0 Å². The average molecular weight is 197 g/mol. The summed E-state index contributed by atoms with van der Waals surface area (Å²) in [5.74, 6) is 0. The minimum absolute atomic E-state index is 0.368. The molecule has 4 heteroatoms. The Kier molecular flexibility index (Phi) is 2.93. The lowest BCUT2D eigenvalue weighted by atomic mass is 10.1. The molecule has 0 aromatic carbocycles. The van der Waals surface area contributed by atoms with Crippen LogP contribution in [0, 0.1) is 0 Å². The van der Waals surface area contributed by atoms with E-state index in [1.54, 1.807) is 11.3 Å². The van der Waals surface area contributed by atoms with Gasteiger partial charge in [-0.3, -0.25) is 4.90 Å². The van der Waals surface area contributed by atoms with Gasteiger partial charge in [0.2, 0.25) is 0 Å². The summed E-state index contributed by atoms with van der Waals surface area (Å²) in [6.07, 6.45) is 2.40. The maximum Gasteiger partial charge on any atom is 0.0795 e. The summed E-state index contributed by atoms with van der Waals surface area (Å²) < 4.78 is 0. The largest absolute Gasteiger partial charge is 0.327 e. The second kappa shape index (κ2) is 4.17. The molecule has 0 spiro atoms. The second-order valence-electron chi connectivity index (χ2n) is 3.62. The molecule has 1 aliphatic heterocycles. The fourth-order valence-electron chi connectivity index (χ4n) is 1.78. The van der Waals surface area contributed by atoms with E-state index < -0.39 is 0 Å². The summed E-state index contributed by atoms with van der Waals surface area (Å²) in [5.41, 5.74) is 8.96. The molecule has 2 rings (SSSR count). The third-order valence-corrected chi connectivity index (χ3v) is 3.05. The third-order valence-electron chi connectivity index (χ3n) is 2.41. The molecule has 0 aliphatic carbocycles. The SMILES string of the molecule is N[C@@H]1CCCN(Cc2cscn2)C1. The molecule has 1 aliphatic rings. The maximum atomic E-state index is 5.89. The lowest BCUT2D eigenvalue weighted by Crippen LogP contribution is -2.42. The predicted octanol–water partition coefficient (Wildman–Crippen LogP) is 1.07. The highest BCUT2D eigenvalue weighted by Gasteiger charge is 2.16. The van der Waals surface area contributed by atoms with E-state index in [1.165, 1.54) is 25.1 Å². The van der Waals surface area contributed by atoms with E-state index in [2.05, 4.69) is 15.3 Å². The number of rotatable bonds is 2. The van der Waals surface area contributed by atoms with E-state index in [0.29, 0.717) is 6.04 Å². The number of nitrogens with zero attached hydrogens (tertiary/aromatic N) is 2. The van der Waals surface area contributed by atoms with Crippen molar-refractivity contribution in [2.45, 2.75) is 25.4 Å². The first kappa shape index (κ1) is 9.12. The molecule has 0 radical (unpaired) electrons. The summed E-state index contributed by atoms with van der Waals surface area (Å²) in [7, 11) is 0. The third kappa shape index (κ3) is 2.49. The molecule has 2 N–H and O–H groups in total. The molecule has 1 atom stereocenters. The van der Waals surface area contributed by atoms with E-state index in [1.807, 2.05) is 5.51 Å². The van der Waals surface area contributed by atoms with Crippen LogP contribution in [0.4, 0.5) is 0 Å². The summed E-state index contributed by atoms with van der Waals surface area (Å²) in [4.78, 5) is 6.66. The van der Waals surface area contributed by atoms with Crippen LogP contribution in [0.5, 0.6) is 0 Å². The van der Waals surface area contributed by atoms with Gasteiger partial charge in [-0.15, -0.1) is 11.3 Å². The van der Waals surface area contributed by atoms with E-state index in [-0.39, 0.29) is 0 Å². The van der Waals surface area contributed by atoms with E-state index in [0.717, 1.165) is 13.1 Å². The highest BCUT2D eigenvalue weighted by atomic mass is 32.1. The molecule has 13 heavy (non-hydrogen) atoms. The quantitative estimate of drug-likeness (QED) is 0.771. The summed E-state index contributed by atoms with van der Waals surface area (Å²) >= 11 is 1.66. The fourth-order valence-corrected chi connectivity index (χ4v) is 2.33. The Bertz CT molecular complexity index is 247. The van der Waals surface area contributed by atoms with Gasteiger partial charge in [-0.2, -0.15) is 0 Å². The Balaban J connectivity index is 1.87. The Morgan fingerprint density at radius 2 is 2.62 bits per heavy atom. The molecule has 1 aromatic rings. The molecule has 3 nitrogen and oxygen atoms in total. The molecule has 0 unspecified atom stereocenters. The van der Waals surface area contributed by atoms with Crippen LogP contribution in [-0.4, -0.2) is 29.0 Å². The number of thiazole rings is 1. The topological polar surface area (TPSA) is 42.1 Å². The zero-order valence-corrected chi connectivity index (χ0v) is 8.46. The number of likely N-dealkylation sites (tertiary alicyclic amines) is 1. The molecule has 0 bridgehead atoms. The second-order valence-corrected chi connectivity index (χ2v) is 4.34. The Morgan fingerprint density at radius 1 is 1.69 bits per heavy atom. The zero-order chi connectivity index (χ0) is 9.10. The Morgan fingerprint density at radius 3 is 3.31 bits per heavy atom. The molecule has 1 aromatic heterocycles. The van der Waals surface area contributed by atoms with Crippen LogP contribution in [0.2, 0.25) is 0 Å². The molecular formula is C9H15N3S. The van der Waals surface area contributed by atoms with Gasteiger partial charge in [-0.1, -0.05) is 0 Å². The number of nitrogens with two attached hydrogens (primary N) is 1. The van der Waals surface area contributed by atoms with Crippen molar-refractivity contribution >= 4 is 11.3 Å². The van der Waals surface area contributed by atoms with Crippen molar-refractivity contribution < 1.29 is 0 Å². The van der Waals surface area contributed by atoms with E-state index >= 15 is 0 Å². The van der Waals surface area contributed by atoms with Gasteiger partial charge in [0, 0.05) is 24.5 Å². The van der Waals surface area contributed by atoms with Crippen LogP contribution in [0.15, 0.2) is 10.9 Å². The average Bonchev–Trinajstić information content (AvgIpc) is 2.57. The number of aromatic nitrogens is 1. The van der Waals surface area contributed by atoms with Crippen molar-refractivity contribution in [3.05, 3.63) is 16.6 Å². The van der Waals surface area contributed by atoms with Crippen molar-refractivity contribution in [2.75, 3.05) is 13.1 Å². The minimum Gasteiger partial charge on any atom is -0.327 e. The number of hydrogen-bond donors (Lipinski definition) is 1. The highest BCUT2D eigenvalue weighted by Crippen LogP contribution is 2.12. The Hall–Kier alpha value is -0.450. The lowest BCUT2D eigenvalue weighted by Gasteiger charge is -2.29. The van der Waals surface area contributed by atoms with Gasteiger partial charge in [0.1, 0.15) is 0 Å². The lowest BCUT2D eigenvalue weighted by molar-refractivity contribution is 0.200. The van der Waals surface area contributed by atoms with Crippen molar-refractivity contribution in [1.29, 1.82) is 0 Å². The first-order valence-electron chi connectivity index (χ1n) is 4.69. The standard InChI is InChI=1S/C9H15N3S/c10-8-2-1-3-12(4-8)5-9-6-13-7-11-9/h6-8H,1-5,10H2/t8-/m1/s1. The van der Waals surface area contributed by atoms with Crippen LogP contribution >= 0.6 is 11.3 Å². The van der Waals surface area contributed by atoms with Crippen LogP contribution in [0.3, 0.4) is 0 Å². The predicted molar refractivity (Wildman–Crippen MR) is 54.6 cm³/mol. The molecule has 2 heterocycles. The zero-order valence-electron chi connectivity index (χ0n) is 7.65. The maximum absolute atomic E-state index is 5.89. The van der Waals surface area contributed by atoms with Crippen LogP contribution in [0.1, 0.15) is 18.5 Å². The van der Waals surface area contributed by atoms with Gasteiger partial charge in [0.25, 0.3) is 0 Å². The number of piperidine rings is 1. The van der Waals surface area contributed by atoms with E-state index in [4.69, 9.17) is 5.73 Å². The molecule has 1 fully saturated rings. The highest BCUT2D eigenvalue weighted by molar-refractivity contribution is 7.07. The van der Waals surface area contributed by atoms with Crippen LogP contribution in [-0.2, 0) is 6.54 Å². The summed E-state index contributed by atoms with van der Waals surface area (Å²) in [5, 5.41) is 2.11. The van der Waals surface area contributed by atoms with Gasteiger partial charge in [-0.25, -0.2) is 4.98 Å². The first-order chi connectivity index (χ1) is 6.34. The van der Waals surface area contributed by atoms with Gasteiger partial charge in [0.05, 0.1) is 11.2 Å². The van der Waals surface area contributed by atoms with Crippen molar-refractivity contribution in [2.24, 2.45) is 5.73 Å². The van der Waals surface area contributed by atoms with Crippen LogP contribution < -0.4 is 5.73 Å². The van der Waals surface area contributed by atoms with Crippen LogP contribution in [0.25, 0.3) is 0 Å². The molecule has 0 amide bonds. The molecular weight excluding hydrogens is 182 g/mol. The normalized spacial score (nSPS) is 24.8. The Labute approximate surface area is 82.6 Å². The molecule has 0 saturated carbocycles. The van der Waals surface area contributed by atoms with Gasteiger partial charge >= 0.3 is 0 Å². The van der Waals surface area contributed by atoms with Crippen molar-refractivity contribution in [3.63, 3.8) is 0 Å². The van der Waals surface area contributed by atoms with Crippen molar-refractivity contribution in [3.8, 4) is 0 Å². The smallest absolute Gasteiger partial charge is 0.0795 e. The van der Waals surface area contributed by atoms with Crippen molar-refractivity contribution in [1.82, 2.24) is 9.88 Å². The summed E-state index contributed by atoms with van der Waals surface area (Å²) in [6, 6.07) is 0.368. The summed E-state index contributed by atoms with van der Waals surface area (Å²) in [6.45, 7) is 3.17. The van der Waals surface area contributed by atoms with Gasteiger partial charge in [-0.05, 0) is 19.4 Å².